The maximum Gasteiger partial charge on any atom is 0.138 e. The fourth-order valence-corrected chi connectivity index (χ4v) is 1.56. The Morgan fingerprint density at radius 3 is 2.62 bits per heavy atom. The van der Waals surface area contributed by atoms with Gasteiger partial charge in [0.25, 0.3) is 0 Å². The normalized spacial score (nSPS) is 9.38. The summed E-state index contributed by atoms with van der Waals surface area (Å²) in [6, 6.07) is 7.81. The van der Waals surface area contributed by atoms with Crippen LogP contribution in [0.1, 0.15) is 30.9 Å². The zero-order valence-electron chi connectivity index (χ0n) is 9.62. The van der Waals surface area contributed by atoms with E-state index in [2.05, 4.69) is 11.8 Å². The quantitative estimate of drug-likeness (QED) is 0.764. The van der Waals surface area contributed by atoms with Crippen LogP contribution in [0.5, 0.6) is 0 Å². The van der Waals surface area contributed by atoms with Gasteiger partial charge in [0.05, 0.1) is 0 Å². The van der Waals surface area contributed by atoms with Gasteiger partial charge in [0, 0.05) is 25.8 Å². The number of Topliss-reactive ketones (excluding diaryl/α,β-unsaturated/α-hetero) is 1. The smallest absolute Gasteiger partial charge is 0.138 e. The van der Waals surface area contributed by atoms with Crippen molar-refractivity contribution in [3.63, 3.8) is 0 Å². The van der Waals surface area contributed by atoms with Gasteiger partial charge in [-0.05, 0) is 18.1 Å². The van der Waals surface area contributed by atoms with Crippen molar-refractivity contribution < 1.29 is 4.79 Å². The molecule has 0 aliphatic carbocycles. The number of hydrogen-bond donors (Lipinski definition) is 1. The van der Waals surface area contributed by atoms with Gasteiger partial charge in [-0.3, -0.25) is 4.79 Å². The summed E-state index contributed by atoms with van der Waals surface area (Å²) >= 11 is 0. The van der Waals surface area contributed by atoms with Crippen LogP contribution in [0.2, 0.25) is 0 Å². The van der Waals surface area contributed by atoms with Crippen molar-refractivity contribution in [2.75, 3.05) is 0 Å². The van der Waals surface area contributed by atoms with Crippen molar-refractivity contribution in [3.05, 3.63) is 35.4 Å². The van der Waals surface area contributed by atoms with Crippen molar-refractivity contribution in [1.82, 2.24) is 0 Å². The summed E-state index contributed by atoms with van der Waals surface area (Å²) in [7, 11) is 0. The Hall–Kier alpha value is -1.59. The molecule has 0 unspecified atom stereocenters. The molecule has 0 spiro atoms. The van der Waals surface area contributed by atoms with Crippen LogP contribution in [0.3, 0.4) is 0 Å². The second kappa shape index (κ2) is 6.81. The molecular weight excluding hydrogens is 198 g/mol. The largest absolute Gasteiger partial charge is 0.326 e. The first-order chi connectivity index (χ1) is 7.77. The Morgan fingerprint density at radius 2 is 2.00 bits per heavy atom. The zero-order valence-corrected chi connectivity index (χ0v) is 9.62. The molecule has 2 nitrogen and oxygen atoms in total. The maximum atomic E-state index is 11.6. The highest BCUT2D eigenvalue weighted by Gasteiger charge is 2.05. The highest BCUT2D eigenvalue weighted by Crippen LogP contribution is 2.10. The summed E-state index contributed by atoms with van der Waals surface area (Å²) in [6.45, 7) is 2.27. The van der Waals surface area contributed by atoms with E-state index in [0.29, 0.717) is 25.8 Å². The SMILES string of the molecule is CC#CCCC(=O)Cc1ccccc1CN. The lowest BCUT2D eigenvalue weighted by atomic mass is 10.0. The number of carbonyl (C=O) groups excluding carboxylic acids is 1. The number of nitrogens with two attached hydrogens (primary N) is 1. The number of rotatable bonds is 5. The predicted molar refractivity (Wildman–Crippen MR) is 65.7 cm³/mol. The van der Waals surface area contributed by atoms with Gasteiger partial charge < -0.3 is 5.73 Å². The van der Waals surface area contributed by atoms with Crippen LogP contribution < -0.4 is 5.73 Å². The van der Waals surface area contributed by atoms with Crippen LogP contribution in [-0.2, 0) is 17.8 Å². The highest BCUT2D eigenvalue weighted by atomic mass is 16.1. The molecule has 0 bridgehead atoms. The van der Waals surface area contributed by atoms with Gasteiger partial charge in [0.1, 0.15) is 5.78 Å². The Labute approximate surface area is 96.9 Å². The van der Waals surface area contributed by atoms with Crippen molar-refractivity contribution in [3.8, 4) is 11.8 Å². The topological polar surface area (TPSA) is 43.1 Å². The molecule has 0 amide bonds. The molecule has 0 aliphatic heterocycles. The Kier molecular flexibility index (Phi) is 5.31. The lowest BCUT2D eigenvalue weighted by Gasteiger charge is -2.05. The van der Waals surface area contributed by atoms with Gasteiger partial charge in [0.2, 0.25) is 0 Å². The van der Waals surface area contributed by atoms with Gasteiger partial charge in [-0.1, -0.05) is 24.3 Å². The second-order valence-electron chi connectivity index (χ2n) is 3.62. The fraction of sp³-hybridized carbons (Fsp3) is 0.357. The van der Waals surface area contributed by atoms with E-state index in [1.165, 1.54) is 0 Å². The molecule has 16 heavy (non-hydrogen) atoms. The minimum Gasteiger partial charge on any atom is -0.326 e. The molecule has 0 aromatic heterocycles. The molecule has 0 heterocycles. The van der Waals surface area contributed by atoms with E-state index in [1.807, 2.05) is 24.3 Å². The van der Waals surface area contributed by atoms with E-state index in [4.69, 9.17) is 5.73 Å². The third kappa shape index (κ3) is 3.88. The van der Waals surface area contributed by atoms with Gasteiger partial charge in [-0.15, -0.1) is 11.8 Å². The van der Waals surface area contributed by atoms with Crippen molar-refractivity contribution in [2.45, 2.75) is 32.7 Å². The van der Waals surface area contributed by atoms with Crippen molar-refractivity contribution in [1.29, 1.82) is 0 Å². The summed E-state index contributed by atoms with van der Waals surface area (Å²) in [5.74, 6) is 5.91. The second-order valence-corrected chi connectivity index (χ2v) is 3.62. The molecule has 0 saturated carbocycles. The minimum absolute atomic E-state index is 0.226. The van der Waals surface area contributed by atoms with E-state index >= 15 is 0 Å². The first-order valence-corrected chi connectivity index (χ1v) is 5.46. The van der Waals surface area contributed by atoms with Crippen LogP contribution in [0.25, 0.3) is 0 Å². The van der Waals surface area contributed by atoms with Gasteiger partial charge >= 0.3 is 0 Å². The van der Waals surface area contributed by atoms with Crippen molar-refractivity contribution >= 4 is 5.78 Å². The standard InChI is InChI=1S/C14H17NO/c1-2-3-4-9-14(16)10-12-7-5-6-8-13(12)11-15/h5-8H,4,9-11,15H2,1H3. The highest BCUT2D eigenvalue weighted by molar-refractivity contribution is 5.81. The molecular formula is C14H17NO. The van der Waals surface area contributed by atoms with E-state index in [0.717, 1.165) is 11.1 Å². The van der Waals surface area contributed by atoms with Gasteiger partial charge in [-0.25, -0.2) is 0 Å². The summed E-state index contributed by atoms with van der Waals surface area (Å²) in [6.07, 6.45) is 1.65. The van der Waals surface area contributed by atoms with E-state index in [-0.39, 0.29) is 5.78 Å². The molecule has 0 aliphatic rings. The van der Waals surface area contributed by atoms with Crippen LogP contribution in [0.4, 0.5) is 0 Å². The summed E-state index contributed by atoms with van der Waals surface area (Å²) in [5, 5.41) is 0. The molecule has 1 aromatic carbocycles. The lowest BCUT2D eigenvalue weighted by molar-refractivity contribution is -0.118. The number of hydrogen-bond acceptors (Lipinski definition) is 2. The summed E-state index contributed by atoms with van der Waals surface area (Å²) < 4.78 is 0. The van der Waals surface area contributed by atoms with Gasteiger partial charge in [-0.2, -0.15) is 0 Å². The van der Waals surface area contributed by atoms with Crippen LogP contribution in [0, 0.1) is 11.8 Å². The molecule has 0 radical (unpaired) electrons. The van der Waals surface area contributed by atoms with E-state index in [9.17, 15) is 4.79 Å². The molecule has 1 rings (SSSR count). The summed E-state index contributed by atoms with van der Waals surface area (Å²) in [4.78, 5) is 11.6. The summed E-state index contributed by atoms with van der Waals surface area (Å²) in [5.41, 5.74) is 7.71. The minimum atomic E-state index is 0.226. The molecule has 0 atom stereocenters. The van der Waals surface area contributed by atoms with Crippen LogP contribution in [0.15, 0.2) is 24.3 Å². The number of ketones is 1. The molecule has 0 fully saturated rings. The molecule has 84 valence electrons. The molecule has 1 aromatic rings. The maximum absolute atomic E-state index is 11.6. The predicted octanol–water partition coefficient (Wildman–Crippen LogP) is 2.06. The monoisotopic (exact) mass is 215 g/mol. The number of benzene rings is 1. The molecule has 0 saturated heterocycles. The lowest BCUT2D eigenvalue weighted by Crippen LogP contribution is -2.07. The van der Waals surface area contributed by atoms with E-state index in [1.54, 1.807) is 6.92 Å². The molecule has 2 heteroatoms. The fourth-order valence-electron chi connectivity index (χ4n) is 1.56. The Balaban J connectivity index is 2.57. The van der Waals surface area contributed by atoms with Crippen molar-refractivity contribution in [2.24, 2.45) is 5.73 Å². The van der Waals surface area contributed by atoms with Crippen LogP contribution >= 0.6 is 0 Å². The third-order valence-electron chi connectivity index (χ3n) is 2.43. The first kappa shape index (κ1) is 12.5. The third-order valence-corrected chi connectivity index (χ3v) is 2.43. The number of carbonyl (C=O) groups is 1. The average Bonchev–Trinajstić information content (AvgIpc) is 2.30. The first-order valence-electron chi connectivity index (χ1n) is 5.46. The van der Waals surface area contributed by atoms with E-state index < -0.39 is 0 Å². The Morgan fingerprint density at radius 1 is 1.31 bits per heavy atom. The van der Waals surface area contributed by atoms with Crippen LogP contribution in [-0.4, -0.2) is 5.78 Å². The van der Waals surface area contributed by atoms with Gasteiger partial charge in [0.15, 0.2) is 0 Å². The zero-order chi connectivity index (χ0) is 11.8. The Bertz CT molecular complexity index is 412. The molecule has 2 N–H and O–H groups in total. The average molecular weight is 215 g/mol.